The van der Waals surface area contributed by atoms with Crippen LogP contribution in [0, 0.1) is 5.41 Å². The molecule has 1 fully saturated rings. The average molecular weight is 227 g/mol. The predicted octanol–water partition coefficient (Wildman–Crippen LogP) is -0.373. The Labute approximate surface area is 96.4 Å². The van der Waals surface area contributed by atoms with Crippen LogP contribution in [-0.4, -0.2) is 37.5 Å². The van der Waals surface area contributed by atoms with Gasteiger partial charge in [0.25, 0.3) is 0 Å². The molecule has 3 N–H and O–H groups in total. The van der Waals surface area contributed by atoms with Crippen molar-refractivity contribution in [1.82, 2.24) is 16.0 Å². The highest BCUT2D eigenvalue weighted by atomic mass is 16.2. The van der Waals surface area contributed by atoms with Gasteiger partial charge in [0.2, 0.25) is 11.8 Å². The van der Waals surface area contributed by atoms with Crippen LogP contribution in [0.5, 0.6) is 0 Å². The number of hydrogen-bond acceptors (Lipinski definition) is 3. The molecule has 92 valence electrons. The molecule has 5 nitrogen and oxygen atoms in total. The van der Waals surface area contributed by atoms with Crippen LogP contribution >= 0.6 is 0 Å². The Morgan fingerprint density at radius 2 is 2.06 bits per heavy atom. The molecule has 0 aliphatic carbocycles. The summed E-state index contributed by atoms with van der Waals surface area (Å²) in [4.78, 5) is 23.0. The summed E-state index contributed by atoms with van der Waals surface area (Å²) in [7, 11) is 0. The van der Waals surface area contributed by atoms with Crippen LogP contribution in [0.2, 0.25) is 0 Å². The van der Waals surface area contributed by atoms with Gasteiger partial charge in [-0.2, -0.15) is 0 Å². The molecule has 1 atom stereocenters. The van der Waals surface area contributed by atoms with Crippen LogP contribution in [0.4, 0.5) is 0 Å². The molecule has 1 aliphatic heterocycles. The van der Waals surface area contributed by atoms with Gasteiger partial charge in [-0.25, -0.2) is 0 Å². The lowest BCUT2D eigenvalue weighted by atomic mass is 9.96. The number of carbonyl (C=O) groups is 2. The zero-order valence-corrected chi connectivity index (χ0v) is 10.2. The highest BCUT2D eigenvalue weighted by molar-refractivity contribution is 5.87. The average Bonchev–Trinajstić information content (AvgIpc) is 2.65. The van der Waals surface area contributed by atoms with E-state index >= 15 is 0 Å². The van der Waals surface area contributed by atoms with Gasteiger partial charge in [0.05, 0.1) is 6.54 Å². The number of amides is 2. The van der Waals surface area contributed by atoms with E-state index in [4.69, 9.17) is 0 Å². The quantitative estimate of drug-likeness (QED) is 0.616. The second-order valence-electron chi connectivity index (χ2n) is 5.19. The molecule has 1 unspecified atom stereocenters. The molecule has 0 radical (unpaired) electrons. The number of nitrogens with one attached hydrogen (secondary N) is 3. The first-order valence-corrected chi connectivity index (χ1v) is 5.68. The van der Waals surface area contributed by atoms with E-state index in [2.05, 4.69) is 16.0 Å². The lowest BCUT2D eigenvalue weighted by molar-refractivity contribution is -0.131. The zero-order chi connectivity index (χ0) is 12.2. The second kappa shape index (κ2) is 5.30. The van der Waals surface area contributed by atoms with E-state index in [0.29, 0.717) is 0 Å². The Morgan fingerprint density at radius 3 is 2.56 bits per heavy atom. The SMILES string of the molecule is CC(C)(C)C(=O)NCC(=O)NC1CCNC1. The van der Waals surface area contributed by atoms with Gasteiger partial charge in [-0.15, -0.1) is 0 Å². The van der Waals surface area contributed by atoms with Crippen LogP contribution in [0.25, 0.3) is 0 Å². The van der Waals surface area contributed by atoms with E-state index in [1.165, 1.54) is 0 Å². The third kappa shape index (κ3) is 4.18. The van der Waals surface area contributed by atoms with Crippen molar-refractivity contribution in [3.63, 3.8) is 0 Å². The van der Waals surface area contributed by atoms with E-state index in [1.54, 1.807) is 0 Å². The van der Waals surface area contributed by atoms with Crippen LogP contribution in [0.1, 0.15) is 27.2 Å². The molecule has 16 heavy (non-hydrogen) atoms. The normalized spacial score (nSPS) is 20.6. The fourth-order valence-corrected chi connectivity index (χ4v) is 1.48. The summed E-state index contributed by atoms with van der Waals surface area (Å²) in [5, 5.41) is 8.66. The van der Waals surface area contributed by atoms with Gasteiger partial charge < -0.3 is 16.0 Å². The Balaban J connectivity index is 2.22. The zero-order valence-electron chi connectivity index (χ0n) is 10.2. The lowest BCUT2D eigenvalue weighted by Gasteiger charge is -2.18. The number of carbonyl (C=O) groups excluding carboxylic acids is 2. The minimum Gasteiger partial charge on any atom is -0.351 e. The van der Waals surface area contributed by atoms with Crippen molar-refractivity contribution in [1.29, 1.82) is 0 Å². The van der Waals surface area contributed by atoms with Crippen molar-refractivity contribution >= 4 is 11.8 Å². The van der Waals surface area contributed by atoms with Crippen molar-refractivity contribution in [2.45, 2.75) is 33.2 Å². The fraction of sp³-hybridized carbons (Fsp3) is 0.818. The summed E-state index contributed by atoms with van der Waals surface area (Å²) in [6, 6.07) is 0.207. The van der Waals surface area contributed by atoms with Gasteiger partial charge in [-0.05, 0) is 13.0 Å². The summed E-state index contributed by atoms with van der Waals surface area (Å²) in [5.74, 6) is -0.224. The van der Waals surface area contributed by atoms with Gasteiger partial charge in [-0.1, -0.05) is 20.8 Å². The second-order valence-corrected chi connectivity index (χ2v) is 5.19. The molecule has 5 heteroatoms. The summed E-state index contributed by atoms with van der Waals surface area (Å²) >= 11 is 0. The van der Waals surface area contributed by atoms with Crippen LogP contribution in [0.15, 0.2) is 0 Å². The van der Waals surface area contributed by atoms with Crippen molar-refractivity contribution in [2.24, 2.45) is 5.41 Å². The minimum absolute atomic E-state index is 0.0621. The minimum atomic E-state index is -0.449. The Morgan fingerprint density at radius 1 is 1.38 bits per heavy atom. The van der Waals surface area contributed by atoms with Crippen LogP contribution in [-0.2, 0) is 9.59 Å². The van der Waals surface area contributed by atoms with Gasteiger partial charge in [0.1, 0.15) is 0 Å². The Kier molecular flexibility index (Phi) is 4.29. The first kappa shape index (κ1) is 13.0. The van der Waals surface area contributed by atoms with Crippen molar-refractivity contribution in [2.75, 3.05) is 19.6 Å². The van der Waals surface area contributed by atoms with Crippen molar-refractivity contribution in [3.05, 3.63) is 0 Å². The third-order valence-corrected chi connectivity index (χ3v) is 2.52. The molecular weight excluding hydrogens is 206 g/mol. The lowest BCUT2D eigenvalue weighted by Crippen LogP contribution is -2.45. The molecule has 1 aliphatic rings. The molecule has 1 rings (SSSR count). The molecule has 0 bridgehead atoms. The van der Waals surface area contributed by atoms with E-state index in [0.717, 1.165) is 19.5 Å². The van der Waals surface area contributed by atoms with E-state index in [-0.39, 0.29) is 24.4 Å². The van der Waals surface area contributed by atoms with E-state index in [9.17, 15) is 9.59 Å². The van der Waals surface area contributed by atoms with Crippen molar-refractivity contribution < 1.29 is 9.59 Å². The highest BCUT2D eigenvalue weighted by Crippen LogP contribution is 2.11. The standard InChI is InChI=1S/C11H21N3O2/c1-11(2,3)10(16)13-7-9(15)14-8-4-5-12-6-8/h8,12H,4-7H2,1-3H3,(H,13,16)(H,14,15). The largest absolute Gasteiger partial charge is 0.351 e. The molecule has 0 spiro atoms. The summed E-state index contributed by atoms with van der Waals surface area (Å²) in [6.45, 7) is 7.29. The monoisotopic (exact) mass is 227 g/mol. The first-order valence-electron chi connectivity index (χ1n) is 5.68. The van der Waals surface area contributed by atoms with Crippen LogP contribution < -0.4 is 16.0 Å². The van der Waals surface area contributed by atoms with Gasteiger partial charge in [-0.3, -0.25) is 9.59 Å². The predicted molar refractivity (Wildman–Crippen MR) is 61.9 cm³/mol. The van der Waals surface area contributed by atoms with Crippen molar-refractivity contribution in [3.8, 4) is 0 Å². The maximum Gasteiger partial charge on any atom is 0.239 e. The number of rotatable bonds is 3. The first-order chi connectivity index (χ1) is 7.39. The molecule has 0 aromatic carbocycles. The summed E-state index contributed by atoms with van der Waals surface area (Å²) in [6.07, 6.45) is 0.957. The van der Waals surface area contributed by atoms with E-state index < -0.39 is 5.41 Å². The Bertz CT molecular complexity index is 265. The molecule has 0 aromatic heterocycles. The molecule has 0 saturated carbocycles. The molecule has 1 heterocycles. The van der Waals surface area contributed by atoms with Crippen LogP contribution in [0.3, 0.4) is 0 Å². The Hall–Kier alpha value is -1.10. The highest BCUT2D eigenvalue weighted by Gasteiger charge is 2.22. The third-order valence-electron chi connectivity index (χ3n) is 2.52. The molecular formula is C11H21N3O2. The molecule has 1 saturated heterocycles. The smallest absolute Gasteiger partial charge is 0.239 e. The van der Waals surface area contributed by atoms with Gasteiger partial charge in [0, 0.05) is 18.0 Å². The summed E-state index contributed by atoms with van der Waals surface area (Å²) in [5.41, 5.74) is -0.449. The molecule has 0 aromatic rings. The van der Waals surface area contributed by atoms with Gasteiger partial charge in [0.15, 0.2) is 0 Å². The molecule has 2 amide bonds. The summed E-state index contributed by atoms with van der Waals surface area (Å²) < 4.78 is 0. The van der Waals surface area contributed by atoms with E-state index in [1.807, 2.05) is 20.8 Å². The maximum atomic E-state index is 11.5. The fourth-order valence-electron chi connectivity index (χ4n) is 1.48. The maximum absolute atomic E-state index is 11.5. The topological polar surface area (TPSA) is 70.2 Å². The van der Waals surface area contributed by atoms with Gasteiger partial charge >= 0.3 is 0 Å². The number of hydrogen-bond donors (Lipinski definition) is 3.